The summed E-state index contributed by atoms with van der Waals surface area (Å²) in [6, 6.07) is 31.3. The van der Waals surface area contributed by atoms with E-state index in [9.17, 15) is 63.0 Å². The summed E-state index contributed by atoms with van der Waals surface area (Å²) in [5.41, 5.74) is 5.58. The van der Waals surface area contributed by atoms with Gasteiger partial charge in [0.15, 0.2) is 28.9 Å². The van der Waals surface area contributed by atoms with Crippen LogP contribution in [0.5, 0.6) is 0 Å². The van der Waals surface area contributed by atoms with Crippen LogP contribution in [0.3, 0.4) is 0 Å². The molecule has 7 N–H and O–H groups in total. The number of hydrogen-bond acceptors (Lipinski definition) is 17. The van der Waals surface area contributed by atoms with Crippen molar-refractivity contribution in [2.45, 2.75) is 212 Å². The predicted octanol–water partition coefficient (Wildman–Crippen LogP) is 7.02. The van der Waals surface area contributed by atoms with Crippen LogP contribution in [0.2, 0.25) is 0 Å². The van der Waals surface area contributed by atoms with Gasteiger partial charge in [0, 0.05) is 88.7 Å². The van der Waals surface area contributed by atoms with Gasteiger partial charge in [0.05, 0.1) is 42.1 Å². The topological polar surface area (TPSA) is 353 Å². The molecule has 5 aromatic rings. The third kappa shape index (κ3) is 24.3. The van der Waals surface area contributed by atoms with E-state index in [0.717, 1.165) is 34.0 Å². The van der Waals surface area contributed by atoms with Gasteiger partial charge in [-0.2, -0.15) is 0 Å². The van der Waals surface area contributed by atoms with Gasteiger partial charge in [0.1, 0.15) is 30.2 Å². The first-order valence-electron chi connectivity index (χ1n) is 39.8. The molecule has 114 heavy (non-hydrogen) atoms. The average Bonchev–Trinajstić information content (AvgIpc) is 1.75. The maximum atomic E-state index is 15.3. The van der Waals surface area contributed by atoms with Gasteiger partial charge in [0.25, 0.3) is 0 Å². The quantitative estimate of drug-likeness (QED) is 0.0587. The number of benzene rings is 5. The average molecular weight is 1580 g/mol. The SMILES string of the molecule is CCCC(=O)[C@@H]1CSCC(=O)N[C@@H](Cc2ccccc2)C(=O)C[C@@H](C(C)C)C(=O)N2CCC[C@H]2C(=O)N[C@@H]([C@@H](C)O)C(=O)N[C@@H]([C@@H](C)O)C(=O)C[C@@H](Cc2ccc(-c3ccccc3)cc2)C(=O)N(C)[C@@H](C)C(=O)C[C@@H](Cc2ccc(-c3ccccc3)cc2)C(=O)N(C)[C@@H](C)C(=O)C[C@@H](C)C(=O)N[C@@H](C)C(=O)N2CCC[C@H]2C(=O)N1. The van der Waals surface area contributed by atoms with E-state index in [0.29, 0.717) is 36.0 Å². The van der Waals surface area contributed by atoms with E-state index in [2.05, 4.69) is 26.6 Å². The number of nitrogens with one attached hydrogen (secondary N) is 5. The Morgan fingerprint density at radius 2 is 0.904 bits per heavy atom. The molecule has 0 aliphatic carbocycles. The largest absolute Gasteiger partial charge is 0.391 e. The number of carbonyl (C=O) groups excluding carboxylic acids is 14. The minimum Gasteiger partial charge on any atom is -0.391 e. The standard InChI is InChI=1S/C88H113N9O16S/c1-12-24-73(100)70-50-114-51-78(105)90-69(46-59-25-16-13-17-26-59)76(103)49-68(52(2)3)88(113)97-42-23-32-72(97)83(108)93-80(58(9)99)84(109)92-79(57(8)98)77(104)48-67(45-61-35-39-65(40-36-61)63-29-20-15-21-30-63)87(112)95(11)56(7)75(102)47-66(44-60-33-37-64(38-34-60)62-27-18-14-19-28-62)86(111)94(10)55(6)74(101)43-53(4)81(106)89-54(5)85(110)96-41-22-31-71(96)82(107)91-70/h13-21,25-30,33-40,52-58,66-72,79-80,98-99H,12,22-24,31-32,41-51H2,1-11H3,(H,89,106)(H,90,105)(H,91,107)(H,92,109)(H,93,108)/t53-,54+,55+,56+,57-,58-,66-,67-,68+,69+,70+,71+,72+,79+,80+/m1/s1. The van der Waals surface area contributed by atoms with E-state index < -0.39 is 185 Å². The Bertz CT molecular complexity index is 4200. The second kappa shape index (κ2) is 42.4. The third-order valence-corrected chi connectivity index (χ3v) is 23.3. The summed E-state index contributed by atoms with van der Waals surface area (Å²) >= 11 is 1.04. The fourth-order valence-electron chi connectivity index (χ4n) is 15.1. The molecule has 9 amide bonds. The Morgan fingerprint density at radius 1 is 0.465 bits per heavy atom. The molecule has 0 bridgehead atoms. The zero-order valence-electron chi connectivity index (χ0n) is 67.3. The highest BCUT2D eigenvalue weighted by molar-refractivity contribution is 8.00. The molecule has 5 aromatic carbocycles. The number of thioether (sulfide) groups is 1. The van der Waals surface area contributed by atoms with Crippen LogP contribution in [0.4, 0.5) is 0 Å². The highest BCUT2D eigenvalue weighted by Gasteiger charge is 2.44. The van der Waals surface area contributed by atoms with Crippen LogP contribution in [-0.4, -0.2) is 217 Å². The summed E-state index contributed by atoms with van der Waals surface area (Å²) in [5.74, 6) is -14.1. The number of ketones is 5. The number of hydrogen-bond donors (Lipinski definition) is 7. The zero-order chi connectivity index (χ0) is 83.2. The Balaban J connectivity index is 1.11. The lowest BCUT2D eigenvalue weighted by Gasteiger charge is -2.32. The van der Waals surface area contributed by atoms with Crippen molar-refractivity contribution in [2.24, 2.45) is 29.6 Å². The summed E-state index contributed by atoms with van der Waals surface area (Å²) in [6.45, 7) is 14.0. The van der Waals surface area contributed by atoms with E-state index in [1.54, 1.807) is 63.2 Å². The van der Waals surface area contributed by atoms with E-state index in [1.165, 1.54) is 75.2 Å². The first-order valence-corrected chi connectivity index (χ1v) is 41.0. The van der Waals surface area contributed by atoms with Gasteiger partial charge < -0.3 is 56.4 Å². The fraction of sp³-hybridized carbons (Fsp3) is 0.500. The summed E-state index contributed by atoms with van der Waals surface area (Å²) in [6.07, 6.45) is -3.40. The number of carbonyl (C=O) groups is 14. The number of amides is 9. The van der Waals surface area contributed by atoms with E-state index in [1.807, 2.05) is 97.1 Å². The normalized spacial score (nSPS) is 26.3. The van der Waals surface area contributed by atoms with Gasteiger partial charge in [0.2, 0.25) is 53.2 Å². The predicted molar refractivity (Wildman–Crippen MR) is 434 cm³/mol. The first-order chi connectivity index (χ1) is 54.3. The molecule has 26 heteroatoms. The lowest BCUT2D eigenvalue weighted by molar-refractivity contribution is -0.146. The fourth-order valence-corrected chi connectivity index (χ4v) is 15.9. The highest BCUT2D eigenvalue weighted by atomic mass is 32.2. The summed E-state index contributed by atoms with van der Waals surface area (Å²) < 4.78 is 0. The van der Waals surface area contributed by atoms with Crippen molar-refractivity contribution in [1.29, 1.82) is 0 Å². The molecule has 0 saturated carbocycles. The highest BCUT2D eigenvalue weighted by Crippen LogP contribution is 2.31. The molecule has 3 saturated heterocycles. The van der Waals surface area contributed by atoms with Crippen LogP contribution >= 0.6 is 11.8 Å². The molecular formula is C88H113N9O16S. The number of fused-ring (bicyclic) bond motifs is 2. The van der Waals surface area contributed by atoms with Crippen LogP contribution in [0, 0.1) is 29.6 Å². The number of nitrogens with zero attached hydrogens (tertiary/aromatic N) is 4. The Hall–Kier alpha value is -10.0. The summed E-state index contributed by atoms with van der Waals surface area (Å²) in [7, 11) is 2.82. The smallest absolute Gasteiger partial charge is 0.245 e. The number of Topliss-reactive ketones (excluding diaryl/α,β-unsaturated/α-hetero) is 5. The molecule has 15 atom stereocenters. The van der Waals surface area contributed by atoms with Crippen molar-refractivity contribution in [2.75, 3.05) is 38.7 Å². The molecule has 3 heterocycles. The Labute approximate surface area is 673 Å². The van der Waals surface area contributed by atoms with Crippen molar-refractivity contribution in [3.8, 4) is 22.3 Å². The van der Waals surface area contributed by atoms with Gasteiger partial charge in [-0.25, -0.2) is 0 Å². The molecule has 0 unspecified atom stereocenters. The van der Waals surface area contributed by atoms with Crippen LogP contribution in [0.1, 0.15) is 143 Å². The molecule has 8 rings (SSSR count). The first kappa shape index (κ1) is 89.5. The lowest BCUT2D eigenvalue weighted by atomic mass is 9.86. The van der Waals surface area contributed by atoms with Crippen molar-refractivity contribution < 1.29 is 77.3 Å². The molecule has 0 spiro atoms. The second-order valence-corrected chi connectivity index (χ2v) is 32.3. The summed E-state index contributed by atoms with van der Waals surface area (Å²) in [4.78, 5) is 209. The van der Waals surface area contributed by atoms with Crippen LogP contribution in [0.15, 0.2) is 140 Å². The molecule has 3 fully saturated rings. The molecule has 0 radical (unpaired) electrons. The van der Waals surface area contributed by atoms with Gasteiger partial charge in [-0.3, -0.25) is 67.1 Å². The van der Waals surface area contributed by atoms with Crippen LogP contribution < -0.4 is 26.6 Å². The molecular weight excluding hydrogens is 1470 g/mol. The van der Waals surface area contributed by atoms with E-state index in [4.69, 9.17) is 0 Å². The molecule has 3 aliphatic rings. The molecule has 612 valence electrons. The number of aliphatic hydroxyl groups excluding tert-OH is 2. The van der Waals surface area contributed by atoms with Crippen LogP contribution in [-0.2, 0) is 86.4 Å². The molecule has 3 aliphatic heterocycles. The van der Waals surface area contributed by atoms with Crippen LogP contribution in [0.25, 0.3) is 22.3 Å². The van der Waals surface area contributed by atoms with E-state index in [-0.39, 0.29) is 81.7 Å². The van der Waals surface area contributed by atoms with Gasteiger partial charge in [-0.05, 0) is 131 Å². The Kier molecular flexibility index (Phi) is 33.3. The zero-order valence-corrected chi connectivity index (χ0v) is 68.2. The number of likely N-dealkylation sites (N-methyl/N-ethyl adjacent to an activating group) is 2. The number of aliphatic hydroxyl groups is 2. The second-order valence-electron chi connectivity index (χ2n) is 31.3. The molecule has 0 aromatic heterocycles. The maximum absolute atomic E-state index is 15.3. The third-order valence-electron chi connectivity index (χ3n) is 22.3. The van der Waals surface area contributed by atoms with Crippen molar-refractivity contribution in [3.05, 3.63) is 156 Å². The minimum atomic E-state index is -1.77. The summed E-state index contributed by atoms with van der Waals surface area (Å²) in [5, 5.41) is 36.1. The van der Waals surface area contributed by atoms with Gasteiger partial charge >= 0.3 is 0 Å². The Morgan fingerprint density at radius 3 is 1.39 bits per heavy atom. The number of rotatable bonds is 14. The van der Waals surface area contributed by atoms with Crippen molar-refractivity contribution in [1.82, 2.24) is 46.2 Å². The van der Waals surface area contributed by atoms with Crippen molar-refractivity contribution >= 4 is 93.8 Å². The van der Waals surface area contributed by atoms with Gasteiger partial charge in [-0.15, -0.1) is 11.8 Å². The molecule has 25 nitrogen and oxygen atoms in total. The monoisotopic (exact) mass is 1580 g/mol. The van der Waals surface area contributed by atoms with Crippen molar-refractivity contribution in [3.63, 3.8) is 0 Å². The van der Waals surface area contributed by atoms with Gasteiger partial charge in [-0.1, -0.05) is 167 Å². The van der Waals surface area contributed by atoms with E-state index >= 15 is 14.4 Å². The lowest BCUT2D eigenvalue weighted by Crippen LogP contribution is -2.60. The maximum Gasteiger partial charge on any atom is 0.245 e. The minimum absolute atomic E-state index is 0.00945.